The first-order valence-electron chi connectivity index (χ1n) is 6.01. The standard InChI is InChI=1S/C12H13Cl2NO4S2/c1-19-12(16)9-7-15(5-6-20-9)21(17,18)10-4-2-3-8(13)11(10)14/h2-4,9H,5-7H2,1H3/t9-/m1/s1. The molecule has 0 unspecified atom stereocenters. The number of benzene rings is 1. The Kier molecular flexibility index (Phi) is 5.43. The van der Waals surface area contributed by atoms with Gasteiger partial charge >= 0.3 is 5.97 Å². The van der Waals surface area contributed by atoms with Gasteiger partial charge in [0, 0.05) is 18.8 Å². The van der Waals surface area contributed by atoms with Crippen LogP contribution in [0.3, 0.4) is 0 Å². The second kappa shape index (κ2) is 6.75. The molecule has 9 heteroatoms. The van der Waals surface area contributed by atoms with E-state index in [1.165, 1.54) is 41.4 Å². The van der Waals surface area contributed by atoms with Crippen molar-refractivity contribution in [1.82, 2.24) is 4.31 Å². The first-order chi connectivity index (χ1) is 9.87. The highest BCUT2D eigenvalue weighted by Gasteiger charge is 2.35. The van der Waals surface area contributed by atoms with Crippen LogP contribution in [0.15, 0.2) is 23.1 Å². The molecule has 1 aromatic rings. The molecule has 2 rings (SSSR count). The zero-order valence-corrected chi connectivity index (χ0v) is 14.2. The molecule has 1 aromatic carbocycles. The van der Waals surface area contributed by atoms with Gasteiger partial charge in [-0.25, -0.2) is 8.42 Å². The SMILES string of the molecule is COC(=O)[C@H]1CN(S(=O)(=O)c2cccc(Cl)c2Cl)CCS1. The molecule has 116 valence electrons. The quantitative estimate of drug-likeness (QED) is 0.764. The summed E-state index contributed by atoms with van der Waals surface area (Å²) in [4.78, 5) is 11.5. The van der Waals surface area contributed by atoms with E-state index in [4.69, 9.17) is 23.2 Å². The molecule has 1 heterocycles. The molecule has 0 saturated carbocycles. The van der Waals surface area contributed by atoms with Crippen LogP contribution >= 0.6 is 35.0 Å². The van der Waals surface area contributed by atoms with Crippen LogP contribution in [0, 0.1) is 0 Å². The van der Waals surface area contributed by atoms with E-state index >= 15 is 0 Å². The van der Waals surface area contributed by atoms with E-state index in [-0.39, 0.29) is 21.5 Å². The van der Waals surface area contributed by atoms with Crippen molar-refractivity contribution in [3.63, 3.8) is 0 Å². The minimum Gasteiger partial charge on any atom is -0.468 e. The summed E-state index contributed by atoms with van der Waals surface area (Å²) in [6.07, 6.45) is 0. The average molecular weight is 370 g/mol. The van der Waals surface area contributed by atoms with E-state index in [9.17, 15) is 13.2 Å². The van der Waals surface area contributed by atoms with Gasteiger partial charge in [0.2, 0.25) is 10.0 Å². The van der Waals surface area contributed by atoms with Gasteiger partial charge in [-0.3, -0.25) is 4.79 Å². The van der Waals surface area contributed by atoms with Crippen LogP contribution in [0.5, 0.6) is 0 Å². The average Bonchev–Trinajstić information content (AvgIpc) is 2.49. The molecule has 0 amide bonds. The van der Waals surface area contributed by atoms with Gasteiger partial charge in [-0.15, -0.1) is 11.8 Å². The second-order valence-electron chi connectivity index (χ2n) is 4.30. The number of carbonyl (C=O) groups excluding carboxylic acids is 1. The van der Waals surface area contributed by atoms with E-state index in [0.717, 1.165) is 0 Å². The maximum atomic E-state index is 12.6. The van der Waals surface area contributed by atoms with Gasteiger partial charge in [-0.05, 0) is 12.1 Å². The van der Waals surface area contributed by atoms with Crippen molar-refractivity contribution < 1.29 is 17.9 Å². The van der Waals surface area contributed by atoms with Crippen LogP contribution in [-0.2, 0) is 19.6 Å². The van der Waals surface area contributed by atoms with Gasteiger partial charge in [0.25, 0.3) is 0 Å². The van der Waals surface area contributed by atoms with Gasteiger partial charge < -0.3 is 4.74 Å². The topological polar surface area (TPSA) is 63.7 Å². The van der Waals surface area contributed by atoms with Crippen LogP contribution in [0.2, 0.25) is 10.0 Å². The summed E-state index contributed by atoms with van der Waals surface area (Å²) in [5, 5.41) is -0.364. The smallest absolute Gasteiger partial charge is 0.320 e. The molecule has 0 bridgehead atoms. The lowest BCUT2D eigenvalue weighted by atomic mass is 10.4. The third kappa shape index (κ3) is 3.48. The van der Waals surface area contributed by atoms with E-state index < -0.39 is 21.2 Å². The minimum absolute atomic E-state index is 0.00740. The highest BCUT2D eigenvalue weighted by atomic mass is 35.5. The lowest BCUT2D eigenvalue weighted by molar-refractivity contribution is -0.140. The number of rotatable bonds is 3. The van der Waals surface area contributed by atoms with Crippen LogP contribution in [-0.4, -0.2) is 49.9 Å². The number of nitrogens with zero attached hydrogens (tertiary/aromatic N) is 1. The Bertz CT molecular complexity index is 651. The van der Waals surface area contributed by atoms with E-state index in [2.05, 4.69) is 4.74 Å². The fraction of sp³-hybridized carbons (Fsp3) is 0.417. The molecule has 0 aromatic heterocycles. The van der Waals surface area contributed by atoms with Crippen molar-refractivity contribution in [3.05, 3.63) is 28.2 Å². The molecule has 0 N–H and O–H groups in total. The van der Waals surface area contributed by atoms with Gasteiger partial charge in [-0.2, -0.15) is 4.31 Å². The summed E-state index contributed by atoms with van der Waals surface area (Å²) in [5.41, 5.74) is 0. The molecule has 0 aliphatic carbocycles. The molecule has 1 fully saturated rings. The van der Waals surface area contributed by atoms with Crippen molar-refractivity contribution in [3.8, 4) is 0 Å². The second-order valence-corrected chi connectivity index (χ2v) is 8.30. The number of hydrogen-bond acceptors (Lipinski definition) is 5. The zero-order valence-electron chi connectivity index (χ0n) is 11.1. The van der Waals surface area contributed by atoms with E-state index in [0.29, 0.717) is 12.3 Å². The van der Waals surface area contributed by atoms with Crippen LogP contribution in [0.4, 0.5) is 0 Å². The third-order valence-electron chi connectivity index (χ3n) is 3.03. The van der Waals surface area contributed by atoms with Crippen LogP contribution in [0.1, 0.15) is 0 Å². The zero-order chi connectivity index (χ0) is 15.6. The van der Waals surface area contributed by atoms with Gasteiger partial charge in [-0.1, -0.05) is 29.3 Å². The number of esters is 1. The fourth-order valence-corrected chi connectivity index (χ4v) is 5.47. The normalized spacial score (nSPS) is 20.2. The number of hydrogen-bond donors (Lipinski definition) is 0. The largest absolute Gasteiger partial charge is 0.468 e. The van der Waals surface area contributed by atoms with Crippen LogP contribution < -0.4 is 0 Å². The van der Waals surface area contributed by atoms with Crippen LogP contribution in [0.25, 0.3) is 0 Å². The molecule has 1 atom stereocenters. The molecule has 0 spiro atoms. The van der Waals surface area contributed by atoms with Crippen molar-refractivity contribution in [2.24, 2.45) is 0 Å². The predicted molar refractivity (Wildman–Crippen MR) is 83.5 cm³/mol. The number of halogens is 2. The summed E-state index contributed by atoms with van der Waals surface area (Å²) in [6.45, 7) is 0.367. The lowest BCUT2D eigenvalue weighted by Gasteiger charge is -2.30. The number of thioether (sulfide) groups is 1. The molecular weight excluding hydrogens is 357 g/mol. The molecule has 21 heavy (non-hydrogen) atoms. The Labute approximate surface area is 137 Å². The van der Waals surface area contributed by atoms with Crippen molar-refractivity contribution in [2.75, 3.05) is 26.0 Å². The Morgan fingerprint density at radius 1 is 1.43 bits per heavy atom. The highest BCUT2D eigenvalue weighted by molar-refractivity contribution is 8.00. The van der Waals surface area contributed by atoms with Gasteiger partial charge in [0.15, 0.2) is 0 Å². The Morgan fingerprint density at radius 3 is 2.81 bits per heavy atom. The molecular formula is C12H13Cl2NO4S2. The van der Waals surface area contributed by atoms with E-state index in [1.54, 1.807) is 0 Å². The van der Waals surface area contributed by atoms with Crippen molar-refractivity contribution in [1.29, 1.82) is 0 Å². The summed E-state index contributed by atoms with van der Waals surface area (Å²) >= 11 is 13.2. The molecule has 1 aliphatic rings. The molecule has 0 radical (unpaired) electrons. The number of ether oxygens (including phenoxy) is 1. The first kappa shape index (κ1) is 16.9. The van der Waals surface area contributed by atoms with Gasteiger partial charge in [0.1, 0.15) is 10.1 Å². The van der Waals surface area contributed by atoms with Gasteiger partial charge in [0.05, 0.1) is 17.2 Å². The summed E-state index contributed by atoms with van der Waals surface area (Å²) in [5.74, 6) is 0.0778. The minimum atomic E-state index is -3.79. The molecule has 1 aliphatic heterocycles. The Hall–Kier alpha value is -0.470. The van der Waals surface area contributed by atoms with Crippen molar-refractivity contribution in [2.45, 2.75) is 10.1 Å². The predicted octanol–water partition coefficient (Wildman–Crippen LogP) is 2.27. The molecule has 5 nitrogen and oxygen atoms in total. The number of carbonyl (C=O) groups is 1. The van der Waals surface area contributed by atoms with E-state index in [1.807, 2.05) is 0 Å². The monoisotopic (exact) mass is 369 g/mol. The lowest BCUT2D eigenvalue weighted by Crippen LogP contribution is -2.44. The highest BCUT2D eigenvalue weighted by Crippen LogP contribution is 2.32. The Morgan fingerprint density at radius 2 is 2.14 bits per heavy atom. The number of sulfonamides is 1. The summed E-state index contributed by atoms with van der Waals surface area (Å²) < 4.78 is 31.2. The maximum Gasteiger partial charge on any atom is 0.320 e. The number of methoxy groups -OCH3 is 1. The molecule has 1 saturated heterocycles. The summed E-state index contributed by atoms with van der Waals surface area (Å²) in [7, 11) is -2.51. The summed E-state index contributed by atoms with van der Waals surface area (Å²) in [6, 6.07) is 4.45. The third-order valence-corrected chi connectivity index (χ3v) is 7.03. The first-order valence-corrected chi connectivity index (χ1v) is 9.26. The fourth-order valence-electron chi connectivity index (χ4n) is 1.94. The van der Waals surface area contributed by atoms with Crippen molar-refractivity contribution >= 4 is 51.0 Å². The maximum absolute atomic E-state index is 12.6. The Balaban J connectivity index is 2.31.